The number of halogens is 2. The number of anilines is 1. The van der Waals surface area contributed by atoms with Crippen molar-refractivity contribution in [3.8, 4) is 0 Å². The molecule has 8 heteroatoms. The lowest BCUT2D eigenvalue weighted by molar-refractivity contribution is 0.0176. The number of ether oxygens (including phenoxy) is 1. The second-order valence-corrected chi connectivity index (χ2v) is 5.87. The standard InChI is InChI=1S/C18H18F2N4O2/c1-24-16(15(20)11-21-24)12-4-3-9-18(10-12,26-2)23-17(25)22-14-7-5-13(19)6-8-14/h3-9,11H,10H2,1-2H3,(H2,22,23,25). The fraction of sp³-hybridized carbons (Fsp3) is 0.222. The van der Waals surface area contributed by atoms with Gasteiger partial charge in [-0.15, -0.1) is 0 Å². The van der Waals surface area contributed by atoms with Gasteiger partial charge in [-0.25, -0.2) is 13.6 Å². The van der Waals surface area contributed by atoms with Crippen molar-refractivity contribution >= 4 is 17.3 Å². The molecule has 0 saturated carbocycles. The van der Waals surface area contributed by atoms with Gasteiger partial charge < -0.3 is 15.4 Å². The van der Waals surface area contributed by atoms with Crippen LogP contribution in [-0.2, 0) is 11.8 Å². The molecule has 3 rings (SSSR count). The number of hydrogen-bond acceptors (Lipinski definition) is 3. The quantitative estimate of drug-likeness (QED) is 0.823. The summed E-state index contributed by atoms with van der Waals surface area (Å²) >= 11 is 0. The van der Waals surface area contributed by atoms with E-state index in [0.717, 1.165) is 6.20 Å². The average molecular weight is 360 g/mol. The second-order valence-electron chi connectivity index (χ2n) is 5.87. The molecule has 1 heterocycles. The maximum absolute atomic E-state index is 14.0. The van der Waals surface area contributed by atoms with Gasteiger partial charge >= 0.3 is 6.03 Å². The van der Waals surface area contributed by atoms with E-state index in [1.54, 1.807) is 25.3 Å². The molecule has 1 aliphatic rings. The molecule has 1 aliphatic carbocycles. The van der Waals surface area contributed by atoms with Gasteiger partial charge in [0.15, 0.2) is 11.5 Å². The van der Waals surface area contributed by atoms with Crippen LogP contribution < -0.4 is 10.6 Å². The molecule has 1 aromatic carbocycles. The van der Waals surface area contributed by atoms with Crippen LogP contribution in [0.1, 0.15) is 12.1 Å². The first kappa shape index (κ1) is 17.8. The van der Waals surface area contributed by atoms with Gasteiger partial charge in [0.05, 0.1) is 11.9 Å². The van der Waals surface area contributed by atoms with Crippen LogP contribution >= 0.6 is 0 Å². The van der Waals surface area contributed by atoms with Crippen molar-refractivity contribution in [3.63, 3.8) is 0 Å². The van der Waals surface area contributed by atoms with Crippen molar-refractivity contribution < 1.29 is 18.3 Å². The molecule has 1 atom stereocenters. The lowest BCUT2D eigenvalue weighted by Gasteiger charge is -2.33. The van der Waals surface area contributed by atoms with Crippen molar-refractivity contribution in [1.82, 2.24) is 15.1 Å². The number of nitrogens with zero attached hydrogens (tertiary/aromatic N) is 2. The number of rotatable bonds is 4. The summed E-state index contributed by atoms with van der Waals surface area (Å²) in [5.74, 6) is -0.845. The first-order valence-electron chi connectivity index (χ1n) is 7.88. The molecule has 0 spiro atoms. The Morgan fingerprint density at radius 2 is 2.04 bits per heavy atom. The summed E-state index contributed by atoms with van der Waals surface area (Å²) in [6.07, 6.45) is 6.46. The lowest BCUT2D eigenvalue weighted by Crippen LogP contribution is -2.51. The smallest absolute Gasteiger partial charge is 0.321 e. The zero-order chi connectivity index (χ0) is 18.7. The van der Waals surface area contributed by atoms with Crippen LogP contribution in [-0.4, -0.2) is 28.6 Å². The summed E-state index contributed by atoms with van der Waals surface area (Å²) in [6.45, 7) is 0. The summed E-state index contributed by atoms with van der Waals surface area (Å²) < 4.78 is 33.9. The highest BCUT2D eigenvalue weighted by Crippen LogP contribution is 2.31. The van der Waals surface area contributed by atoms with Crippen LogP contribution in [0.25, 0.3) is 5.57 Å². The van der Waals surface area contributed by atoms with Crippen LogP contribution in [0.3, 0.4) is 0 Å². The topological polar surface area (TPSA) is 68.2 Å². The van der Waals surface area contributed by atoms with E-state index >= 15 is 0 Å². The first-order valence-corrected chi connectivity index (χ1v) is 7.88. The normalized spacial score (nSPS) is 19.2. The lowest BCUT2D eigenvalue weighted by atomic mass is 9.94. The molecule has 6 nitrogen and oxygen atoms in total. The highest BCUT2D eigenvalue weighted by atomic mass is 19.1. The third-order valence-corrected chi connectivity index (χ3v) is 4.11. The Kier molecular flexibility index (Phi) is 4.85. The molecule has 26 heavy (non-hydrogen) atoms. The number of allylic oxidation sites excluding steroid dienone is 2. The van der Waals surface area contributed by atoms with E-state index in [9.17, 15) is 13.6 Å². The van der Waals surface area contributed by atoms with Crippen molar-refractivity contribution in [3.05, 3.63) is 66.0 Å². The van der Waals surface area contributed by atoms with Crippen LogP contribution in [0.5, 0.6) is 0 Å². The summed E-state index contributed by atoms with van der Waals surface area (Å²) in [6, 6.07) is 4.85. The predicted octanol–water partition coefficient (Wildman–Crippen LogP) is 3.21. The van der Waals surface area contributed by atoms with E-state index in [2.05, 4.69) is 15.7 Å². The molecular weight excluding hydrogens is 342 g/mol. The molecule has 136 valence electrons. The van der Waals surface area contributed by atoms with Gasteiger partial charge in [0.2, 0.25) is 0 Å². The second kappa shape index (κ2) is 7.09. The zero-order valence-corrected chi connectivity index (χ0v) is 14.3. The number of methoxy groups -OCH3 is 1. The average Bonchev–Trinajstić information content (AvgIpc) is 2.95. The van der Waals surface area contributed by atoms with Gasteiger partial charge in [-0.05, 0) is 35.9 Å². The Balaban J connectivity index is 1.75. The third kappa shape index (κ3) is 3.65. The van der Waals surface area contributed by atoms with E-state index < -0.39 is 23.4 Å². The number of aromatic nitrogens is 2. The third-order valence-electron chi connectivity index (χ3n) is 4.11. The molecule has 0 fully saturated rings. The fourth-order valence-corrected chi connectivity index (χ4v) is 2.82. The predicted molar refractivity (Wildman–Crippen MR) is 93.2 cm³/mol. The van der Waals surface area contributed by atoms with Gasteiger partial charge in [0.1, 0.15) is 5.82 Å². The number of nitrogens with one attached hydrogen (secondary N) is 2. The largest absolute Gasteiger partial charge is 0.355 e. The number of carbonyl (C=O) groups excluding carboxylic acids is 1. The number of benzene rings is 1. The molecule has 0 saturated heterocycles. The molecule has 0 radical (unpaired) electrons. The first-order chi connectivity index (χ1) is 12.4. The Bertz CT molecular complexity index is 854. The van der Waals surface area contributed by atoms with Crippen LogP contribution in [0.15, 0.2) is 48.7 Å². The van der Waals surface area contributed by atoms with E-state index in [1.807, 2.05) is 0 Å². The van der Waals surface area contributed by atoms with Crippen LogP contribution in [0, 0.1) is 11.6 Å². The molecule has 1 aromatic heterocycles. The van der Waals surface area contributed by atoms with Crippen molar-refractivity contribution in [1.29, 1.82) is 0 Å². The van der Waals surface area contributed by atoms with E-state index in [0.29, 0.717) is 17.0 Å². The number of aryl methyl sites for hydroxylation is 1. The summed E-state index contributed by atoms with van der Waals surface area (Å²) in [4.78, 5) is 12.3. The number of carbonyl (C=O) groups is 1. The SMILES string of the molecule is COC1(NC(=O)Nc2ccc(F)cc2)C=CC=C(c2c(F)cnn2C)C1. The zero-order valence-electron chi connectivity index (χ0n) is 14.3. The molecule has 2 N–H and O–H groups in total. The highest BCUT2D eigenvalue weighted by molar-refractivity contribution is 5.90. The van der Waals surface area contributed by atoms with E-state index in [-0.39, 0.29) is 6.42 Å². The number of hydrogen-bond donors (Lipinski definition) is 2. The molecule has 2 amide bonds. The monoisotopic (exact) mass is 360 g/mol. The maximum atomic E-state index is 14.0. The van der Waals surface area contributed by atoms with Gasteiger partial charge in [-0.2, -0.15) is 5.10 Å². The Morgan fingerprint density at radius 3 is 2.65 bits per heavy atom. The Labute approximate surface area is 149 Å². The van der Waals surface area contributed by atoms with E-state index in [4.69, 9.17) is 4.74 Å². The molecule has 0 aliphatic heterocycles. The minimum absolute atomic E-state index is 0.216. The summed E-state index contributed by atoms with van der Waals surface area (Å²) in [5.41, 5.74) is 0.249. The number of urea groups is 1. The van der Waals surface area contributed by atoms with Gasteiger partial charge in [0, 0.05) is 26.3 Å². The van der Waals surface area contributed by atoms with Crippen molar-refractivity contribution in [2.24, 2.45) is 7.05 Å². The minimum Gasteiger partial charge on any atom is -0.355 e. The van der Waals surface area contributed by atoms with Gasteiger partial charge in [-0.1, -0.05) is 12.2 Å². The molecule has 0 bridgehead atoms. The highest BCUT2D eigenvalue weighted by Gasteiger charge is 2.33. The van der Waals surface area contributed by atoms with Crippen molar-refractivity contribution in [2.45, 2.75) is 12.1 Å². The van der Waals surface area contributed by atoms with Crippen LogP contribution in [0.4, 0.5) is 19.3 Å². The number of amides is 2. The van der Waals surface area contributed by atoms with Crippen molar-refractivity contribution in [2.75, 3.05) is 12.4 Å². The molecule has 2 aromatic rings. The van der Waals surface area contributed by atoms with Gasteiger partial charge in [-0.3, -0.25) is 4.68 Å². The van der Waals surface area contributed by atoms with Crippen LogP contribution in [0.2, 0.25) is 0 Å². The maximum Gasteiger partial charge on any atom is 0.321 e. The van der Waals surface area contributed by atoms with Gasteiger partial charge in [0.25, 0.3) is 0 Å². The van der Waals surface area contributed by atoms with E-state index in [1.165, 1.54) is 36.1 Å². The molecular formula is C18H18F2N4O2. The fourth-order valence-electron chi connectivity index (χ4n) is 2.82. The Hall–Kier alpha value is -3.00. The minimum atomic E-state index is -1.15. The summed E-state index contributed by atoms with van der Waals surface area (Å²) in [7, 11) is 3.09. The molecule has 1 unspecified atom stereocenters. The Morgan fingerprint density at radius 1 is 1.31 bits per heavy atom. The summed E-state index contributed by atoms with van der Waals surface area (Å²) in [5, 5.41) is 9.23.